The average molecular weight is 223 g/mol. The number of aliphatic imine (C=N–C) groups is 1. The molecule has 0 aromatic heterocycles. The molecule has 0 spiro atoms. The maximum atomic E-state index is 5.87. The van der Waals surface area contributed by atoms with Gasteiger partial charge in [-0.3, -0.25) is 4.99 Å². The molecule has 0 aromatic rings. The van der Waals surface area contributed by atoms with Crippen LogP contribution in [0.1, 0.15) is 46.0 Å². The third kappa shape index (κ3) is 4.35. The lowest BCUT2D eigenvalue weighted by Gasteiger charge is -2.22. The van der Waals surface area contributed by atoms with Crippen LogP contribution in [0.5, 0.6) is 0 Å². The Balaban J connectivity index is 2.22. The van der Waals surface area contributed by atoms with Crippen LogP contribution in [-0.4, -0.2) is 30.0 Å². The first-order valence-corrected chi connectivity index (χ1v) is 6.49. The highest BCUT2D eigenvalue weighted by atomic mass is 15.3. The second kappa shape index (κ2) is 7.44. The lowest BCUT2D eigenvalue weighted by atomic mass is 10.1. The van der Waals surface area contributed by atoms with E-state index in [1.165, 1.54) is 25.7 Å². The highest BCUT2D eigenvalue weighted by Gasteiger charge is 2.16. The molecule has 1 aliphatic heterocycles. The Morgan fingerprint density at radius 3 is 2.94 bits per heavy atom. The summed E-state index contributed by atoms with van der Waals surface area (Å²) in [4.78, 5) is 6.60. The van der Waals surface area contributed by atoms with Crippen LogP contribution in [-0.2, 0) is 0 Å². The first-order chi connectivity index (χ1) is 7.75. The molecule has 3 nitrogen and oxygen atoms in total. The first kappa shape index (κ1) is 13.2. The molecule has 16 heavy (non-hydrogen) atoms. The van der Waals surface area contributed by atoms with Gasteiger partial charge < -0.3 is 10.6 Å². The Hall–Kier alpha value is -0.830. The summed E-state index contributed by atoms with van der Waals surface area (Å²) < 4.78 is 0. The molecule has 1 aliphatic rings. The van der Waals surface area contributed by atoms with Gasteiger partial charge in [-0.25, -0.2) is 0 Å². The minimum Gasteiger partial charge on any atom is -0.340 e. The smallest absolute Gasteiger partial charge is 0.124 e. The zero-order valence-electron chi connectivity index (χ0n) is 10.7. The molecule has 1 rings (SSSR count). The van der Waals surface area contributed by atoms with Gasteiger partial charge in [0.25, 0.3) is 0 Å². The number of nitrogens with two attached hydrogens (primary N) is 1. The summed E-state index contributed by atoms with van der Waals surface area (Å²) in [5.41, 5.74) is 5.87. The average Bonchev–Trinajstić information content (AvgIpc) is 2.71. The van der Waals surface area contributed by atoms with Crippen molar-refractivity contribution in [3.63, 3.8) is 0 Å². The zero-order chi connectivity index (χ0) is 11.8. The van der Waals surface area contributed by atoms with Gasteiger partial charge in [-0.2, -0.15) is 0 Å². The highest BCUT2D eigenvalue weighted by Crippen LogP contribution is 2.07. The molecule has 1 atom stereocenters. The Kier molecular flexibility index (Phi) is 6.16. The number of nitrogens with zero attached hydrogens (tertiary/aromatic N) is 2. The molecule has 0 saturated carbocycles. The van der Waals surface area contributed by atoms with Crippen LogP contribution in [0.25, 0.3) is 0 Å². The molecular weight excluding hydrogens is 198 g/mol. The molecule has 92 valence electrons. The van der Waals surface area contributed by atoms with Crippen LogP contribution < -0.4 is 5.73 Å². The van der Waals surface area contributed by atoms with E-state index < -0.39 is 0 Å². The predicted molar refractivity (Wildman–Crippen MR) is 70.6 cm³/mol. The lowest BCUT2D eigenvalue weighted by molar-refractivity contribution is 0.367. The summed E-state index contributed by atoms with van der Waals surface area (Å²) in [6.07, 6.45) is 10.9. The fourth-order valence-corrected chi connectivity index (χ4v) is 1.92. The van der Waals surface area contributed by atoms with Gasteiger partial charge >= 0.3 is 0 Å². The van der Waals surface area contributed by atoms with Crippen molar-refractivity contribution in [1.29, 1.82) is 0 Å². The van der Waals surface area contributed by atoms with Crippen molar-refractivity contribution in [3.05, 3.63) is 12.2 Å². The molecule has 1 heterocycles. The molecule has 0 radical (unpaired) electrons. The van der Waals surface area contributed by atoms with Gasteiger partial charge in [0.1, 0.15) is 5.84 Å². The number of allylic oxidation sites excluding steroid dienone is 1. The normalized spacial score (nSPS) is 18.2. The lowest BCUT2D eigenvalue weighted by Crippen LogP contribution is -2.41. The molecule has 0 saturated heterocycles. The van der Waals surface area contributed by atoms with Gasteiger partial charge in [0.15, 0.2) is 0 Å². The Bertz CT molecular complexity index is 244. The second-order valence-electron chi connectivity index (χ2n) is 4.43. The molecule has 1 unspecified atom stereocenters. The summed E-state index contributed by atoms with van der Waals surface area (Å²) in [6, 6.07) is 0. The molecule has 3 heteroatoms. The van der Waals surface area contributed by atoms with E-state index in [4.69, 9.17) is 5.73 Å². The molecule has 2 N–H and O–H groups in total. The summed E-state index contributed by atoms with van der Waals surface area (Å²) >= 11 is 0. The molecule has 0 fully saturated rings. The van der Waals surface area contributed by atoms with Crippen molar-refractivity contribution in [1.82, 2.24) is 4.90 Å². The maximum Gasteiger partial charge on any atom is 0.124 e. The number of hydrogen-bond donors (Lipinski definition) is 1. The van der Waals surface area contributed by atoms with Gasteiger partial charge in [0.05, 0.1) is 12.7 Å². The Morgan fingerprint density at radius 1 is 1.44 bits per heavy atom. The number of rotatable bonds is 7. The quantitative estimate of drug-likeness (QED) is 0.674. The standard InChI is InChI=1S/C13H25N3/c1-3-4-5-6-7-8-9-13-15-10-11-16(13)12(2)14/h8-9,12H,3-7,10-11,14H2,1-2H3/b9-8+. The van der Waals surface area contributed by atoms with Crippen LogP contribution in [0.15, 0.2) is 17.1 Å². The monoisotopic (exact) mass is 223 g/mol. The molecular formula is C13H25N3. The van der Waals surface area contributed by atoms with Crippen LogP contribution in [0.2, 0.25) is 0 Å². The summed E-state index contributed by atoms with van der Waals surface area (Å²) in [5, 5.41) is 0. The summed E-state index contributed by atoms with van der Waals surface area (Å²) in [5.74, 6) is 1.06. The topological polar surface area (TPSA) is 41.6 Å². The van der Waals surface area contributed by atoms with E-state index >= 15 is 0 Å². The minimum atomic E-state index is 0.0750. The Labute approximate surface area is 99.4 Å². The van der Waals surface area contributed by atoms with Crippen molar-refractivity contribution in [2.24, 2.45) is 10.7 Å². The minimum absolute atomic E-state index is 0.0750. The largest absolute Gasteiger partial charge is 0.340 e. The summed E-state index contributed by atoms with van der Waals surface area (Å²) in [7, 11) is 0. The fourth-order valence-electron chi connectivity index (χ4n) is 1.92. The predicted octanol–water partition coefficient (Wildman–Crippen LogP) is 2.53. The molecule has 0 amide bonds. The van der Waals surface area contributed by atoms with E-state index in [0.717, 1.165) is 25.3 Å². The number of amidine groups is 1. The number of unbranched alkanes of at least 4 members (excludes halogenated alkanes) is 4. The highest BCUT2D eigenvalue weighted by molar-refractivity contribution is 5.94. The van der Waals surface area contributed by atoms with Crippen molar-refractivity contribution >= 4 is 5.84 Å². The van der Waals surface area contributed by atoms with Gasteiger partial charge in [0.2, 0.25) is 0 Å². The van der Waals surface area contributed by atoms with Crippen molar-refractivity contribution in [2.75, 3.05) is 13.1 Å². The third-order valence-electron chi connectivity index (χ3n) is 2.89. The molecule has 0 bridgehead atoms. The van der Waals surface area contributed by atoms with E-state index in [0.29, 0.717) is 0 Å². The van der Waals surface area contributed by atoms with Crippen molar-refractivity contribution in [2.45, 2.75) is 52.1 Å². The fraction of sp³-hybridized carbons (Fsp3) is 0.769. The molecule has 0 aliphatic carbocycles. The van der Waals surface area contributed by atoms with E-state index in [-0.39, 0.29) is 6.17 Å². The summed E-state index contributed by atoms with van der Waals surface area (Å²) in [6.45, 7) is 6.10. The van der Waals surface area contributed by atoms with E-state index in [1.54, 1.807) is 0 Å². The first-order valence-electron chi connectivity index (χ1n) is 6.49. The van der Waals surface area contributed by atoms with Crippen LogP contribution in [0, 0.1) is 0 Å². The second-order valence-corrected chi connectivity index (χ2v) is 4.43. The maximum absolute atomic E-state index is 5.87. The Morgan fingerprint density at radius 2 is 2.25 bits per heavy atom. The van der Waals surface area contributed by atoms with E-state index in [2.05, 4.69) is 29.0 Å². The van der Waals surface area contributed by atoms with E-state index in [1.807, 2.05) is 6.92 Å². The van der Waals surface area contributed by atoms with Gasteiger partial charge in [-0.1, -0.05) is 32.3 Å². The zero-order valence-corrected chi connectivity index (χ0v) is 10.7. The van der Waals surface area contributed by atoms with Crippen LogP contribution in [0.3, 0.4) is 0 Å². The van der Waals surface area contributed by atoms with Crippen LogP contribution >= 0.6 is 0 Å². The van der Waals surface area contributed by atoms with Gasteiger partial charge in [0, 0.05) is 6.54 Å². The van der Waals surface area contributed by atoms with Gasteiger partial charge in [-0.05, 0) is 25.8 Å². The van der Waals surface area contributed by atoms with Crippen molar-refractivity contribution < 1.29 is 0 Å². The SMILES string of the molecule is CCCCCC/C=C/C1=NCCN1C(C)N. The molecule has 0 aromatic carbocycles. The number of hydrogen-bond acceptors (Lipinski definition) is 3. The van der Waals surface area contributed by atoms with Crippen LogP contribution in [0.4, 0.5) is 0 Å². The van der Waals surface area contributed by atoms with Crippen molar-refractivity contribution in [3.8, 4) is 0 Å². The van der Waals surface area contributed by atoms with E-state index in [9.17, 15) is 0 Å². The van der Waals surface area contributed by atoms with Gasteiger partial charge in [-0.15, -0.1) is 0 Å². The third-order valence-corrected chi connectivity index (χ3v) is 2.89.